The minimum atomic E-state index is -1.88. The second-order valence-corrected chi connectivity index (χ2v) is 10.1. The Balaban J connectivity index is 1.84. The van der Waals surface area contributed by atoms with Gasteiger partial charge in [-0.2, -0.15) is 0 Å². The van der Waals surface area contributed by atoms with Crippen LogP contribution in [0.25, 0.3) is 0 Å². The summed E-state index contributed by atoms with van der Waals surface area (Å²) in [6, 6.07) is 11.9. The van der Waals surface area contributed by atoms with Gasteiger partial charge in [0.2, 0.25) is 0 Å². The first-order valence-corrected chi connectivity index (χ1v) is 11.2. The molecule has 2 spiro atoms. The Kier molecular flexibility index (Phi) is 4.44. The van der Waals surface area contributed by atoms with Gasteiger partial charge in [0, 0.05) is 48.3 Å². The van der Waals surface area contributed by atoms with E-state index in [-0.39, 0.29) is 5.69 Å². The van der Waals surface area contributed by atoms with Crippen LogP contribution in [-0.2, 0) is 29.4 Å². The molecule has 2 saturated heterocycles. The molecular formula is C25H25N3O7. The fourth-order valence-corrected chi connectivity index (χ4v) is 6.41. The lowest BCUT2D eigenvalue weighted by Gasteiger charge is -2.48. The molecule has 0 aromatic heterocycles. The normalized spacial score (nSPS) is 27.4. The smallest absolute Gasteiger partial charge is 0.329 e. The Labute approximate surface area is 201 Å². The number of nitrogens with zero attached hydrogens (tertiary/aromatic N) is 2. The number of hydrogen-bond acceptors (Lipinski definition) is 8. The second kappa shape index (κ2) is 6.80. The molecule has 0 radical (unpaired) electrons. The molecule has 3 aliphatic rings. The summed E-state index contributed by atoms with van der Waals surface area (Å²) in [4.78, 5) is 54.0. The molecule has 182 valence electrons. The largest absolute Gasteiger partial charge is 0.422 e. The second-order valence-electron chi connectivity index (χ2n) is 10.1. The van der Waals surface area contributed by atoms with Crippen molar-refractivity contribution < 1.29 is 28.8 Å². The quantitative estimate of drug-likeness (QED) is 0.300. The SMILES string of the molecule is CC1N(c2ccc([N+](=O)[O-])cc2)C2(C(=O)Nc3ccccc32)C(C)(C)C12C(=O)OC(C)(C)OC2=O. The molecule has 1 amide bonds. The third-order valence-corrected chi connectivity index (χ3v) is 7.82. The van der Waals surface area contributed by atoms with E-state index in [1.807, 2.05) is 0 Å². The van der Waals surface area contributed by atoms with Gasteiger partial charge in [-0.05, 0) is 25.1 Å². The van der Waals surface area contributed by atoms with Gasteiger partial charge in [-0.25, -0.2) is 0 Å². The van der Waals surface area contributed by atoms with E-state index in [4.69, 9.17) is 9.47 Å². The van der Waals surface area contributed by atoms with Crippen LogP contribution in [-0.4, -0.2) is 34.6 Å². The standard InChI is InChI=1S/C25H25N3O7/c1-14-24(20(30)34-23(4,5)35-21(24)31)22(2,3)25(17-8-6-7-9-18(17)26-19(25)29)27(14)15-10-12-16(13-11-15)28(32)33/h6-14H,1-5H3,(H,26,29). The molecule has 2 unspecified atom stereocenters. The summed E-state index contributed by atoms with van der Waals surface area (Å²) in [5.74, 6) is -3.44. The van der Waals surface area contributed by atoms with Crippen LogP contribution in [0.5, 0.6) is 0 Å². The van der Waals surface area contributed by atoms with Crippen LogP contribution in [0.2, 0.25) is 0 Å². The van der Waals surface area contributed by atoms with Crippen LogP contribution in [0.15, 0.2) is 48.5 Å². The zero-order valence-corrected chi connectivity index (χ0v) is 19.9. The highest BCUT2D eigenvalue weighted by atomic mass is 16.7. The van der Waals surface area contributed by atoms with Crippen molar-refractivity contribution in [3.8, 4) is 0 Å². The van der Waals surface area contributed by atoms with Crippen molar-refractivity contribution in [1.82, 2.24) is 0 Å². The number of ether oxygens (including phenoxy) is 2. The molecule has 2 fully saturated rings. The van der Waals surface area contributed by atoms with Gasteiger partial charge in [0.15, 0.2) is 11.0 Å². The van der Waals surface area contributed by atoms with Crippen molar-refractivity contribution in [3.63, 3.8) is 0 Å². The van der Waals surface area contributed by atoms with Crippen molar-refractivity contribution in [1.29, 1.82) is 0 Å². The Bertz CT molecular complexity index is 1280. The van der Waals surface area contributed by atoms with E-state index in [0.717, 1.165) is 0 Å². The predicted octanol–water partition coefficient (Wildman–Crippen LogP) is 3.50. The van der Waals surface area contributed by atoms with Crippen LogP contribution >= 0.6 is 0 Å². The molecule has 1 N–H and O–H groups in total. The molecule has 0 aliphatic carbocycles. The van der Waals surface area contributed by atoms with Gasteiger partial charge in [-0.1, -0.05) is 32.0 Å². The van der Waals surface area contributed by atoms with Crippen LogP contribution in [0, 0.1) is 20.9 Å². The van der Waals surface area contributed by atoms with E-state index >= 15 is 0 Å². The highest BCUT2D eigenvalue weighted by molar-refractivity contribution is 6.14. The summed E-state index contributed by atoms with van der Waals surface area (Å²) < 4.78 is 11.2. The van der Waals surface area contributed by atoms with Gasteiger partial charge in [-0.15, -0.1) is 0 Å². The van der Waals surface area contributed by atoms with Gasteiger partial charge in [0.05, 0.1) is 11.0 Å². The highest BCUT2D eigenvalue weighted by Crippen LogP contribution is 2.69. The Morgan fingerprint density at radius 3 is 2.09 bits per heavy atom. The first-order valence-electron chi connectivity index (χ1n) is 11.2. The lowest BCUT2D eigenvalue weighted by Crippen LogP contribution is -2.64. The number of carbonyl (C=O) groups is 3. The summed E-state index contributed by atoms with van der Waals surface area (Å²) in [7, 11) is 0. The predicted molar refractivity (Wildman–Crippen MR) is 124 cm³/mol. The van der Waals surface area contributed by atoms with E-state index in [1.165, 1.54) is 38.1 Å². The fraction of sp³-hybridized carbons (Fsp3) is 0.400. The number of nitro groups is 1. The Hall–Kier alpha value is -3.95. The van der Waals surface area contributed by atoms with E-state index in [1.54, 1.807) is 49.9 Å². The van der Waals surface area contributed by atoms with Gasteiger partial charge < -0.3 is 19.7 Å². The fourth-order valence-electron chi connectivity index (χ4n) is 6.41. The maximum Gasteiger partial charge on any atom is 0.329 e. The Morgan fingerprint density at radius 1 is 0.943 bits per heavy atom. The van der Waals surface area contributed by atoms with Crippen molar-refractivity contribution in [2.75, 3.05) is 10.2 Å². The van der Waals surface area contributed by atoms with Crippen LogP contribution in [0.4, 0.5) is 17.1 Å². The average molecular weight is 479 g/mol. The van der Waals surface area contributed by atoms with Crippen molar-refractivity contribution in [2.45, 2.75) is 52.0 Å². The number of non-ortho nitro benzene ring substituents is 1. The van der Waals surface area contributed by atoms with E-state index in [9.17, 15) is 24.5 Å². The third-order valence-electron chi connectivity index (χ3n) is 7.82. The van der Waals surface area contributed by atoms with Crippen LogP contribution in [0.3, 0.4) is 0 Å². The zero-order valence-electron chi connectivity index (χ0n) is 19.9. The minimum absolute atomic E-state index is 0.127. The molecule has 2 atom stereocenters. The number of esters is 2. The number of nitro benzene ring substituents is 1. The van der Waals surface area contributed by atoms with Gasteiger partial charge in [-0.3, -0.25) is 24.5 Å². The number of amides is 1. The van der Waals surface area contributed by atoms with Gasteiger partial charge in [0.1, 0.15) is 0 Å². The first kappa shape index (κ1) is 22.8. The van der Waals surface area contributed by atoms with Gasteiger partial charge >= 0.3 is 11.9 Å². The molecule has 35 heavy (non-hydrogen) atoms. The number of rotatable bonds is 2. The molecule has 0 saturated carbocycles. The number of benzene rings is 2. The highest BCUT2D eigenvalue weighted by Gasteiger charge is 2.83. The monoisotopic (exact) mass is 479 g/mol. The summed E-state index contributed by atoms with van der Waals surface area (Å²) in [5.41, 5.74) is -3.33. The summed E-state index contributed by atoms with van der Waals surface area (Å²) >= 11 is 0. The Morgan fingerprint density at radius 2 is 1.51 bits per heavy atom. The molecule has 3 heterocycles. The number of nitrogens with one attached hydrogen (secondary N) is 1. The average Bonchev–Trinajstić information content (AvgIpc) is 3.14. The van der Waals surface area contributed by atoms with E-state index < -0.39 is 51.0 Å². The molecular weight excluding hydrogens is 454 g/mol. The maximum atomic E-state index is 14.0. The lowest BCUT2D eigenvalue weighted by atomic mass is 9.56. The van der Waals surface area contributed by atoms with E-state index in [0.29, 0.717) is 16.9 Å². The first-order chi connectivity index (χ1) is 16.3. The molecule has 2 aromatic rings. The third kappa shape index (κ3) is 2.51. The summed E-state index contributed by atoms with van der Waals surface area (Å²) in [5, 5.41) is 14.2. The number of cyclic esters (lactones) is 2. The topological polar surface area (TPSA) is 128 Å². The van der Waals surface area contributed by atoms with Gasteiger partial charge in [0.25, 0.3) is 17.4 Å². The molecule has 0 bridgehead atoms. The number of anilines is 2. The van der Waals surface area contributed by atoms with Crippen LogP contribution in [0.1, 0.15) is 40.2 Å². The van der Waals surface area contributed by atoms with Crippen LogP contribution < -0.4 is 10.2 Å². The number of carbonyl (C=O) groups excluding carboxylic acids is 3. The number of para-hydroxylation sites is 1. The van der Waals surface area contributed by atoms with Crippen molar-refractivity contribution in [2.24, 2.45) is 10.8 Å². The van der Waals surface area contributed by atoms with Crippen molar-refractivity contribution in [3.05, 3.63) is 64.2 Å². The van der Waals surface area contributed by atoms with E-state index in [2.05, 4.69) is 5.32 Å². The van der Waals surface area contributed by atoms with Crippen molar-refractivity contribution >= 4 is 34.9 Å². The lowest BCUT2D eigenvalue weighted by molar-refractivity contribution is -0.384. The molecule has 10 heteroatoms. The molecule has 2 aromatic carbocycles. The maximum absolute atomic E-state index is 14.0. The molecule has 10 nitrogen and oxygen atoms in total. The number of fused-ring (bicyclic) bond motifs is 2. The zero-order chi connectivity index (χ0) is 25.6. The molecule has 5 rings (SSSR count). The summed E-state index contributed by atoms with van der Waals surface area (Å²) in [6.45, 7) is 8.01. The molecule has 3 aliphatic heterocycles. The minimum Gasteiger partial charge on any atom is -0.422 e. The summed E-state index contributed by atoms with van der Waals surface area (Å²) in [6.07, 6.45) is 0. The number of hydrogen-bond donors (Lipinski definition) is 1.